The van der Waals surface area contributed by atoms with E-state index in [1.54, 1.807) is 23.0 Å². The Bertz CT molecular complexity index is 606. The van der Waals surface area contributed by atoms with Gasteiger partial charge in [-0.05, 0) is 19.4 Å². The molecule has 2 rings (SSSR count). The van der Waals surface area contributed by atoms with Crippen molar-refractivity contribution in [3.63, 3.8) is 0 Å². The summed E-state index contributed by atoms with van der Waals surface area (Å²) >= 11 is 0. The second kappa shape index (κ2) is 5.09. The fourth-order valence-corrected chi connectivity index (χ4v) is 1.86. The van der Waals surface area contributed by atoms with Crippen LogP contribution in [-0.2, 0) is 7.05 Å². The fourth-order valence-electron chi connectivity index (χ4n) is 1.86. The largest absolute Gasteiger partial charge is 0.378 e. The van der Waals surface area contributed by atoms with Crippen LogP contribution >= 0.6 is 0 Å². The van der Waals surface area contributed by atoms with Crippen molar-refractivity contribution in [2.24, 2.45) is 7.05 Å². The molecule has 0 spiro atoms. The Morgan fingerprint density at radius 2 is 2.21 bits per heavy atom. The molecule has 1 unspecified atom stereocenters. The Morgan fingerprint density at radius 3 is 2.79 bits per heavy atom. The van der Waals surface area contributed by atoms with Gasteiger partial charge in [0.05, 0.1) is 17.2 Å². The van der Waals surface area contributed by atoms with Crippen LogP contribution in [0.3, 0.4) is 0 Å². The van der Waals surface area contributed by atoms with E-state index in [4.69, 9.17) is 0 Å². The molecule has 1 heterocycles. The number of aryl methyl sites for hydroxylation is 2. The van der Waals surface area contributed by atoms with E-state index in [1.165, 1.54) is 6.07 Å². The number of aromatic nitrogens is 2. The van der Waals surface area contributed by atoms with Crippen molar-refractivity contribution < 1.29 is 4.92 Å². The summed E-state index contributed by atoms with van der Waals surface area (Å²) in [6.07, 6.45) is 3.70. The van der Waals surface area contributed by atoms with Gasteiger partial charge in [-0.25, -0.2) is 0 Å². The highest BCUT2D eigenvalue weighted by Crippen LogP contribution is 2.25. The molecule has 1 N–H and O–H groups in total. The van der Waals surface area contributed by atoms with Gasteiger partial charge in [0.2, 0.25) is 0 Å². The topological polar surface area (TPSA) is 73.0 Å². The molecule has 0 bridgehead atoms. The van der Waals surface area contributed by atoms with E-state index in [1.807, 2.05) is 27.1 Å². The molecule has 6 nitrogen and oxygen atoms in total. The summed E-state index contributed by atoms with van der Waals surface area (Å²) in [5, 5.41) is 18.2. The van der Waals surface area contributed by atoms with Gasteiger partial charge in [-0.3, -0.25) is 14.8 Å². The van der Waals surface area contributed by atoms with E-state index in [9.17, 15) is 10.1 Å². The number of non-ortho nitro benzene ring substituents is 1. The molecule has 6 heteroatoms. The molecule has 0 saturated heterocycles. The first-order valence-electron chi connectivity index (χ1n) is 5.97. The second-order valence-corrected chi connectivity index (χ2v) is 4.57. The first kappa shape index (κ1) is 13.1. The zero-order valence-electron chi connectivity index (χ0n) is 11.1. The summed E-state index contributed by atoms with van der Waals surface area (Å²) in [6, 6.07) is 4.85. The van der Waals surface area contributed by atoms with E-state index in [0.29, 0.717) is 0 Å². The van der Waals surface area contributed by atoms with Crippen LogP contribution < -0.4 is 5.32 Å². The first-order valence-corrected chi connectivity index (χ1v) is 5.97. The zero-order chi connectivity index (χ0) is 14.0. The average Bonchev–Trinajstić information content (AvgIpc) is 2.78. The van der Waals surface area contributed by atoms with E-state index in [0.717, 1.165) is 16.8 Å². The predicted octanol–water partition coefficient (Wildman–Crippen LogP) is 2.81. The maximum Gasteiger partial charge on any atom is 0.271 e. The van der Waals surface area contributed by atoms with E-state index in [-0.39, 0.29) is 16.7 Å². The maximum absolute atomic E-state index is 10.8. The van der Waals surface area contributed by atoms with Crippen molar-refractivity contribution in [3.05, 3.63) is 51.8 Å². The SMILES string of the molecule is Cc1ccc([N+](=O)[O-])cc1NC(C)c1cnn(C)c1. The van der Waals surface area contributed by atoms with Crippen LogP contribution in [0.2, 0.25) is 0 Å². The lowest BCUT2D eigenvalue weighted by Gasteiger charge is -2.15. The Hall–Kier alpha value is -2.37. The highest BCUT2D eigenvalue weighted by atomic mass is 16.6. The number of hydrogen-bond donors (Lipinski definition) is 1. The van der Waals surface area contributed by atoms with Crippen LogP contribution in [0.15, 0.2) is 30.6 Å². The molecule has 0 aliphatic heterocycles. The van der Waals surface area contributed by atoms with Gasteiger partial charge in [0, 0.05) is 36.6 Å². The number of nitrogens with zero attached hydrogens (tertiary/aromatic N) is 3. The monoisotopic (exact) mass is 260 g/mol. The van der Waals surface area contributed by atoms with Crippen molar-refractivity contribution in [2.75, 3.05) is 5.32 Å². The Labute approximate surface area is 111 Å². The molecule has 0 radical (unpaired) electrons. The van der Waals surface area contributed by atoms with Crippen LogP contribution in [0.4, 0.5) is 11.4 Å². The summed E-state index contributed by atoms with van der Waals surface area (Å²) in [5.41, 5.74) is 2.87. The van der Waals surface area contributed by atoms with Gasteiger partial charge in [-0.1, -0.05) is 6.07 Å². The molecule has 1 aromatic heterocycles. The van der Waals surface area contributed by atoms with Gasteiger partial charge >= 0.3 is 0 Å². The van der Waals surface area contributed by atoms with E-state index >= 15 is 0 Å². The van der Waals surface area contributed by atoms with Crippen molar-refractivity contribution in [2.45, 2.75) is 19.9 Å². The van der Waals surface area contributed by atoms with Gasteiger partial charge in [0.25, 0.3) is 5.69 Å². The highest BCUT2D eigenvalue weighted by molar-refractivity contribution is 5.57. The second-order valence-electron chi connectivity index (χ2n) is 4.57. The number of nitrogens with one attached hydrogen (secondary N) is 1. The lowest BCUT2D eigenvalue weighted by Crippen LogP contribution is -2.07. The van der Waals surface area contributed by atoms with Crippen LogP contribution in [0.25, 0.3) is 0 Å². The summed E-state index contributed by atoms with van der Waals surface area (Å²) in [6.45, 7) is 3.91. The van der Waals surface area contributed by atoms with Crippen molar-refractivity contribution in [1.82, 2.24) is 9.78 Å². The quantitative estimate of drug-likeness (QED) is 0.677. The minimum absolute atomic E-state index is 0.0365. The smallest absolute Gasteiger partial charge is 0.271 e. The molecule has 0 saturated carbocycles. The standard InChI is InChI=1S/C13H16N4O2/c1-9-4-5-12(17(18)19)6-13(9)15-10(2)11-7-14-16(3)8-11/h4-8,10,15H,1-3H3. The van der Waals surface area contributed by atoms with Crippen LogP contribution in [0.1, 0.15) is 24.1 Å². The summed E-state index contributed by atoms with van der Waals surface area (Å²) in [5.74, 6) is 0. The lowest BCUT2D eigenvalue weighted by atomic mass is 10.1. The lowest BCUT2D eigenvalue weighted by molar-refractivity contribution is -0.384. The van der Waals surface area contributed by atoms with E-state index in [2.05, 4.69) is 10.4 Å². The zero-order valence-corrected chi connectivity index (χ0v) is 11.1. The molecule has 0 aliphatic rings. The van der Waals surface area contributed by atoms with Gasteiger partial charge in [0.1, 0.15) is 0 Å². The van der Waals surface area contributed by atoms with Crippen LogP contribution in [0, 0.1) is 17.0 Å². The molecule has 0 fully saturated rings. The molecular weight excluding hydrogens is 244 g/mol. The third-order valence-electron chi connectivity index (χ3n) is 3.03. The number of rotatable bonds is 4. The summed E-state index contributed by atoms with van der Waals surface area (Å²) < 4.78 is 1.73. The number of hydrogen-bond acceptors (Lipinski definition) is 4. The van der Waals surface area contributed by atoms with Crippen molar-refractivity contribution >= 4 is 11.4 Å². The molecule has 2 aromatic rings. The minimum atomic E-state index is -0.390. The number of benzene rings is 1. The third kappa shape index (κ3) is 2.90. The summed E-state index contributed by atoms with van der Waals surface area (Å²) in [4.78, 5) is 10.4. The normalized spacial score (nSPS) is 12.2. The number of anilines is 1. The molecular formula is C13H16N4O2. The van der Waals surface area contributed by atoms with Gasteiger partial charge in [-0.2, -0.15) is 5.10 Å². The number of nitro benzene ring substituents is 1. The maximum atomic E-state index is 10.8. The Kier molecular flexibility index (Phi) is 3.50. The first-order chi connectivity index (χ1) is 8.97. The average molecular weight is 260 g/mol. The third-order valence-corrected chi connectivity index (χ3v) is 3.03. The Morgan fingerprint density at radius 1 is 1.47 bits per heavy atom. The van der Waals surface area contributed by atoms with Gasteiger partial charge in [-0.15, -0.1) is 0 Å². The van der Waals surface area contributed by atoms with Crippen molar-refractivity contribution in [3.8, 4) is 0 Å². The Balaban J connectivity index is 2.22. The predicted molar refractivity (Wildman–Crippen MR) is 73.1 cm³/mol. The van der Waals surface area contributed by atoms with Crippen LogP contribution in [0.5, 0.6) is 0 Å². The molecule has 19 heavy (non-hydrogen) atoms. The molecule has 1 aromatic carbocycles. The minimum Gasteiger partial charge on any atom is -0.378 e. The number of nitro groups is 1. The molecule has 0 aliphatic carbocycles. The van der Waals surface area contributed by atoms with Crippen molar-refractivity contribution in [1.29, 1.82) is 0 Å². The molecule has 1 atom stereocenters. The van der Waals surface area contributed by atoms with Crippen LogP contribution in [-0.4, -0.2) is 14.7 Å². The van der Waals surface area contributed by atoms with E-state index < -0.39 is 0 Å². The molecule has 100 valence electrons. The fraction of sp³-hybridized carbons (Fsp3) is 0.308. The van der Waals surface area contributed by atoms with Gasteiger partial charge in [0.15, 0.2) is 0 Å². The molecule has 0 amide bonds. The highest BCUT2D eigenvalue weighted by Gasteiger charge is 2.12. The van der Waals surface area contributed by atoms with Gasteiger partial charge < -0.3 is 5.32 Å². The summed E-state index contributed by atoms with van der Waals surface area (Å²) in [7, 11) is 1.86.